The standard InChI is InChI=1S/C22H22Br2N2O3.C22H22BrClN2O3.C17H14ClN3O2.C16H19ClN2O2/c1-28-10-11-29-13-20(27)26-9-8-17-18-12-16(24)6-7-19(18)25-21(17)22(26)14-2-4-15(23)5-3-14;1-28-11-2-12-29-22(27)26-10-9-17-18-13-15(23)5-8-19(18)25-20(17)21(26)14-3-6-16(24)7-4-14;18-11-4-5-15-14(9-11)13-6-7-19-16(17(13)20-15)10-2-1-3-12(8-10)21(22)23;1-3-14-15-11(7-8-19(14)16(20)21-4-2)12-9-10(17)5-6-13(12)18-15/h2-7,12,22,25H,8-11,13H2,1H3;3-8,13,21,25H,2,9-12H2,1H3;1-5,8-9,16,19-20H,6-7H2;5-6,9,14,18H,3-4,7-8H2,1-2H3. The number of hydrogen-bond acceptors (Lipinski definition) is 11. The number of hydrogen-bond donors (Lipinski definition) is 5. The molecule has 4 aliphatic rings. The Kier molecular flexibility index (Phi) is 24.5. The Hall–Kier alpha value is -7.74. The highest BCUT2D eigenvalue weighted by Gasteiger charge is 2.38. The number of nitrogens with zero attached hydrogens (tertiary/aromatic N) is 4. The second-order valence-electron chi connectivity index (χ2n) is 25.1. The molecule has 4 aromatic heterocycles. The van der Waals surface area contributed by atoms with Crippen molar-refractivity contribution < 1.29 is 43.0 Å². The van der Waals surface area contributed by atoms with Gasteiger partial charge in [0.25, 0.3) is 5.69 Å². The van der Waals surface area contributed by atoms with Crippen LogP contribution in [0.2, 0.25) is 15.1 Å². The number of halogens is 6. The Morgan fingerprint density at radius 1 is 0.520 bits per heavy atom. The van der Waals surface area contributed by atoms with E-state index in [1.165, 1.54) is 44.5 Å². The number of nitro benzene ring substituents is 1. The minimum Gasteiger partial charge on any atom is -0.450 e. The second-order valence-corrected chi connectivity index (χ2v) is 29.1. The molecule has 5 N–H and O–H groups in total. The van der Waals surface area contributed by atoms with Gasteiger partial charge in [0.15, 0.2) is 0 Å². The molecule has 11 aromatic rings. The minimum atomic E-state index is -0.363. The molecule has 0 spiro atoms. The van der Waals surface area contributed by atoms with Crippen LogP contribution in [0.25, 0.3) is 43.6 Å². The van der Waals surface area contributed by atoms with Crippen molar-refractivity contribution >= 4 is 150 Å². The van der Waals surface area contributed by atoms with Crippen molar-refractivity contribution in [3.8, 4) is 0 Å². The average molecular weight is 1630 g/mol. The number of ether oxygens (including phenoxy) is 5. The number of nitrogens with one attached hydrogen (secondary N) is 5. The van der Waals surface area contributed by atoms with Crippen LogP contribution in [0.4, 0.5) is 15.3 Å². The maximum absolute atomic E-state index is 13.0. The predicted octanol–water partition coefficient (Wildman–Crippen LogP) is 18.8. The lowest BCUT2D eigenvalue weighted by molar-refractivity contribution is -0.384. The first kappa shape index (κ1) is 74.0. The van der Waals surface area contributed by atoms with Crippen molar-refractivity contribution in [1.82, 2.24) is 40.0 Å². The fraction of sp³-hybridized carbons (Fsp3) is 0.312. The molecule has 0 radical (unpaired) electrons. The maximum Gasteiger partial charge on any atom is 0.410 e. The number of non-ortho nitro benzene ring substituents is 1. The van der Waals surface area contributed by atoms with Gasteiger partial charge < -0.3 is 53.8 Å². The number of aromatic amines is 4. The molecular weight excluding hydrogens is 1560 g/mol. The quantitative estimate of drug-likeness (QED) is 0.0369. The monoisotopic (exact) mass is 1630 g/mol. The molecule has 0 fully saturated rings. The molecule has 102 heavy (non-hydrogen) atoms. The number of aromatic nitrogens is 4. The van der Waals surface area contributed by atoms with E-state index in [2.05, 4.69) is 116 Å². The third-order valence-electron chi connectivity index (χ3n) is 18.9. The number of carbonyl (C=O) groups excluding carboxylic acids is 3. The van der Waals surface area contributed by atoms with E-state index in [1.807, 2.05) is 108 Å². The Labute approximate surface area is 630 Å². The van der Waals surface area contributed by atoms with Gasteiger partial charge in [-0.15, -0.1) is 0 Å². The number of nitro groups is 1. The van der Waals surface area contributed by atoms with Crippen molar-refractivity contribution in [3.63, 3.8) is 0 Å². The number of H-pyrrole nitrogens is 4. The fourth-order valence-corrected chi connectivity index (χ4v) is 15.7. The van der Waals surface area contributed by atoms with Crippen LogP contribution in [0.3, 0.4) is 0 Å². The van der Waals surface area contributed by atoms with Crippen LogP contribution in [0.15, 0.2) is 159 Å². The molecular formula is C77H77Br3Cl3N9O10. The smallest absolute Gasteiger partial charge is 0.410 e. The fourth-order valence-electron chi connectivity index (χ4n) is 14.3. The highest BCUT2D eigenvalue weighted by molar-refractivity contribution is 9.11. The summed E-state index contributed by atoms with van der Waals surface area (Å²) in [6.45, 7) is 8.90. The van der Waals surface area contributed by atoms with Gasteiger partial charge in [-0.2, -0.15) is 0 Å². The van der Waals surface area contributed by atoms with Crippen LogP contribution < -0.4 is 5.32 Å². The van der Waals surface area contributed by atoms with Crippen molar-refractivity contribution in [1.29, 1.82) is 0 Å². The largest absolute Gasteiger partial charge is 0.450 e. The number of methoxy groups -OCH3 is 2. The summed E-state index contributed by atoms with van der Waals surface area (Å²) in [5.74, 6) is -0.0143. The summed E-state index contributed by atoms with van der Waals surface area (Å²) < 4.78 is 29.3. The molecule has 4 atom stereocenters. The third kappa shape index (κ3) is 16.4. The molecule has 532 valence electrons. The summed E-state index contributed by atoms with van der Waals surface area (Å²) in [6.07, 6.45) is 4.29. The molecule has 7 aromatic carbocycles. The van der Waals surface area contributed by atoms with E-state index >= 15 is 0 Å². The number of carbonyl (C=O) groups is 3. The molecule has 0 bridgehead atoms. The molecule has 0 saturated carbocycles. The summed E-state index contributed by atoms with van der Waals surface area (Å²) in [4.78, 5) is 68.3. The zero-order valence-electron chi connectivity index (χ0n) is 56.6. The molecule has 15 rings (SSSR count). The van der Waals surface area contributed by atoms with Crippen LogP contribution in [-0.4, -0.2) is 138 Å². The summed E-state index contributed by atoms with van der Waals surface area (Å²) in [7, 11) is 3.26. The summed E-state index contributed by atoms with van der Waals surface area (Å²) >= 11 is 29.0. The van der Waals surface area contributed by atoms with Crippen molar-refractivity contribution in [2.45, 2.75) is 76.5 Å². The first-order valence-corrected chi connectivity index (χ1v) is 37.4. The minimum absolute atomic E-state index is 0.0143. The van der Waals surface area contributed by atoms with Gasteiger partial charge in [0.2, 0.25) is 5.91 Å². The van der Waals surface area contributed by atoms with Crippen LogP contribution in [0, 0.1) is 10.1 Å². The Morgan fingerprint density at radius 2 is 1.01 bits per heavy atom. The first-order chi connectivity index (χ1) is 49.4. The average Bonchev–Trinajstić information content (AvgIpc) is 1.60. The van der Waals surface area contributed by atoms with Crippen LogP contribution in [0.5, 0.6) is 0 Å². The van der Waals surface area contributed by atoms with Gasteiger partial charge in [0, 0.05) is 160 Å². The molecule has 4 unspecified atom stereocenters. The maximum atomic E-state index is 13.0. The van der Waals surface area contributed by atoms with Crippen molar-refractivity contribution in [3.05, 3.63) is 246 Å². The number of rotatable bonds is 15. The summed E-state index contributed by atoms with van der Waals surface area (Å²) in [5.41, 5.74) is 16.7. The van der Waals surface area contributed by atoms with Gasteiger partial charge in [-0.25, -0.2) is 9.59 Å². The van der Waals surface area contributed by atoms with E-state index in [4.69, 9.17) is 58.5 Å². The second kappa shape index (κ2) is 33.8. The normalized spacial score (nSPS) is 16.7. The van der Waals surface area contributed by atoms with Crippen LogP contribution in [0.1, 0.15) is 113 Å². The van der Waals surface area contributed by atoms with Gasteiger partial charge in [0.05, 0.1) is 49.5 Å². The topological polar surface area (TPSA) is 225 Å². The van der Waals surface area contributed by atoms with E-state index in [0.717, 1.165) is 124 Å². The summed E-state index contributed by atoms with van der Waals surface area (Å²) in [6, 6.07) is 46.3. The molecule has 19 nitrogen and oxygen atoms in total. The lowest BCUT2D eigenvalue weighted by Crippen LogP contribution is -2.42. The lowest BCUT2D eigenvalue weighted by atomic mass is 9.92. The molecule has 8 heterocycles. The molecule has 4 aliphatic heterocycles. The molecule has 3 amide bonds. The lowest BCUT2D eigenvalue weighted by Gasteiger charge is -2.36. The summed E-state index contributed by atoms with van der Waals surface area (Å²) in [5, 5.41) is 21.3. The van der Waals surface area contributed by atoms with E-state index in [1.54, 1.807) is 31.3 Å². The first-order valence-electron chi connectivity index (χ1n) is 33.9. The van der Waals surface area contributed by atoms with E-state index in [-0.39, 0.29) is 59.5 Å². The number of benzene rings is 7. The zero-order valence-corrected chi connectivity index (χ0v) is 63.6. The predicted molar refractivity (Wildman–Crippen MR) is 411 cm³/mol. The molecule has 25 heteroatoms. The highest BCUT2D eigenvalue weighted by Crippen LogP contribution is 2.43. The van der Waals surface area contributed by atoms with Crippen LogP contribution in [-0.2, 0) is 54.2 Å². The van der Waals surface area contributed by atoms with Gasteiger partial charge in [-0.05, 0) is 175 Å². The Balaban J connectivity index is 0.000000129. The molecule has 0 saturated heterocycles. The van der Waals surface area contributed by atoms with Crippen molar-refractivity contribution in [2.24, 2.45) is 0 Å². The number of amides is 3. The third-order valence-corrected chi connectivity index (χ3v) is 21.1. The van der Waals surface area contributed by atoms with E-state index < -0.39 is 0 Å². The van der Waals surface area contributed by atoms with E-state index in [0.29, 0.717) is 69.1 Å². The van der Waals surface area contributed by atoms with E-state index in [9.17, 15) is 24.5 Å². The van der Waals surface area contributed by atoms with Gasteiger partial charge in [0.1, 0.15) is 12.6 Å². The van der Waals surface area contributed by atoms with Crippen LogP contribution >= 0.6 is 82.6 Å². The number of fused-ring (bicyclic) bond motifs is 12. The van der Waals surface area contributed by atoms with Gasteiger partial charge in [-0.1, -0.05) is 126 Å². The van der Waals surface area contributed by atoms with Gasteiger partial charge in [-0.3, -0.25) is 24.7 Å². The molecule has 0 aliphatic carbocycles. The Morgan fingerprint density at radius 3 is 1.59 bits per heavy atom. The Bertz CT molecular complexity index is 4670. The van der Waals surface area contributed by atoms with Crippen molar-refractivity contribution in [2.75, 3.05) is 80.0 Å². The zero-order chi connectivity index (χ0) is 71.7. The van der Waals surface area contributed by atoms with Gasteiger partial charge >= 0.3 is 12.2 Å². The highest BCUT2D eigenvalue weighted by atomic mass is 79.9. The SMILES string of the molecule is CCOC(=O)N1CCc2c([nH]c3ccc(Cl)cc23)C1CC.COCCCOC(=O)N1CCc2c([nH]c3ccc(Br)cc23)C1c1ccc(Cl)cc1.COCCOCC(=O)N1CCc2c([nH]c3ccc(Br)cc23)C1c1ccc(Br)cc1.O=[N+]([O-])c1cccc(C2NCCc3c2[nH]c2ccc(Cl)cc32)c1.